The van der Waals surface area contributed by atoms with Gasteiger partial charge in [-0.1, -0.05) is 24.3 Å². The number of carbonyl (C=O) groups excluding carboxylic acids is 1. The Hall–Kier alpha value is -3.60. The molecule has 4 aromatic rings. The molecular formula is C22H19N3O2. The number of nitrogens with one attached hydrogen (secondary N) is 1. The molecule has 0 spiro atoms. The molecule has 5 nitrogen and oxygen atoms in total. The predicted molar refractivity (Wildman–Crippen MR) is 106 cm³/mol. The SMILES string of the molecule is COc1cccc(C(=O)Nc2cccc(-c3cn4c(C)cccc4n3)c2)c1. The molecule has 0 aliphatic rings. The Morgan fingerprint density at radius 1 is 1.04 bits per heavy atom. The van der Waals surface area contributed by atoms with E-state index in [9.17, 15) is 4.79 Å². The van der Waals surface area contributed by atoms with Crippen LogP contribution in [0.5, 0.6) is 5.75 Å². The van der Waals surface area contributed by atoms with Gasteiger partial charge in [-0.2, -0.15) is 0 Å². The fourth-order valence-electron chi connectivity index (χ4n) is 3.01. The number of methoxy groups -OCH3 is 1. The number of aryl methyl sites for hydroxylation is 1. The molecule has 0 unspecified atom stereocenters. The van der Waals surface area contributed by atoms with Gasteiger partial charge in [-0.3, -0.25) is 4.79 Å². The van der Waals surface area contributed by atoms with Crippen molar-refractivity contribution in [2.75, 3.05) is 12.4 Å². The highest BCUT2D eigenvalue weighted by Gasteiger charge is 2.10. The second-order valence-corrected chi connectivity index (χ2v) is 6.29. The van der Waals surface area contributed by atoms with Crippen LogP contribution in [0.1, 0.15) is 16.1 Å². The second-order valence-electron chi connectivity index (χ2n) is 6.29. The van der Waals surface area contributed by atoms with Crippen molar-refractivity contribution in [2.45, 2.75) is 6.92 Å². The fourth-order valence-corrected chi connectivity index (χ4v) is 3.01. The van der Waals surface area contributed by atoms with E-state index in [1.165, 1.54) is 0 Å². The van der Waals surface area contributed by atoms with Crippen LogP contribution < -0.4 is 10.1 Å². The van der Waals surface area contributed by atoms with Gasteiger partial charge in [0.2, 0.25) is 0 Å². The fraction of sp³-hybridized carbons (Fsp3) is 0.0909. The number of aromatic nitrogens is 2. The first kappa shape index (κ1) is 16.8. The maximum atomic E-state index is 12.5. The van der Waals surface area contributed by atoms with E-state index in [0.29, 0.717) is 17.0 Å². The van der Waals surface area contributed by atoms with Crippen LogP contribution in [0, 0.1) is 6.92 Å². The first-order chi connectivity index (χ1) is 13.1. The predicted octanol–water partition coefficient (Wildman–Crippen LogP) is 4.57. The van der Waals surface area contributed by atoms with Crippen LogP contribution in [0.3, 0.4) is 0 Å². The Morgan fingerprint density at radius 3 is 2.67 bits per heavy atom. The molecule has 134 valence electrons. The van der Waals surface area contributed by atoms with Crippen LogP contribution in [0.4, 0.5) is 5.69 Å². The Bertz CT molecular complexity index is 1130. The van der Waals surface area contributed by atoms with E-state index in [0.717, 1.165) is 22.6 Å². The summed E-state index contributed by atoms with van der Waals surface area (Å²) in [7, 11) is 1.58. The second kappa shape index (κ2) is 6.96. The van der Waals surface area contributed by atoms with E-state index in [1.807, 2.05) is 61.7 Å². The highest BCUT2D eigenvalue weighted by molar-refractivity contribution is 6.04. The Labute approximate surface area is 157 Å². The zero-order valence-corrected chi connectivity index (χ0v) is 15.1. The van der Waals surface area contributed by atoms with E-state index in [-0.39, 0.29) is 5.91 Å². The third-order valence-electron chi connectivity index (χ3n) is 4.44. The van der Waals surface area contributed by atoms with Gasteiger partial charge < -0.3 is 14.5 Å². The van der Waals surface area contributed by atoms with Gasteiger partial charge in [0.25, 0.3) is 5.91 Å². The van der Waals surface area contributed by atoms with Gasteiger partial charge in [0, 0.05) is 28.7 Å². The highest BCUT2D eigenvalue weighted by Crippen LogP contribution is 2.24. The summed E-state index contributed by atoms with van der Waals surface area (Å²) in [4.78, 5) is 17.2. The van der Waals surface area contributed by atoms with Crippen LogP contribution in [0.25, 0.3) is 16.9 Å². The topological polar surface area (TPSA) is 55.6 Å². The number of carbonyl (C=O) groups is 1. The van der Waals surface area contributed by atoms with Gasteiger partial charge in [-0.15, -0.1) is 0 Å². The lowest BCUT2D eigenvalue weighted by atomic mass is 10.1. The molecule has 27 heavy (non-hydrogen) atoms. The molecule has 0 aliphatic carbocycles. The van der Waals surface area contributed by atoms with Gasteiger partial charge >= 0.3 is 0 Å². The van der Waals surface area contributed by atoms with Crippen molar-refractivity contribution >= 4 is 17.2 Å². The summed E-state index contributed by atoms with van der Waals surface area (Å²) in [6, 6.07) is 20.8. The molecule has 2 aromatic carbocycles. The molecule has 0 saturated carbocycles. The van der Waals surface area contributed by atoms with Crippen molar-refractivity contribution in [3.63, 3.8) is 0 Å². The Balaban J connectivity index is 1.62. The van der Waals surface area contributed by atoms with E-state index < -0.39 is 0 Å². The average molecular weight is 357 g/mol. The highest BCUT2D eigenvalue weighted by atomic mass is 16.5. The van der Waals surface area contributed by atoms with Crippen molar-refractivity contribution in [1.29, 1.82) is 0 Å². The van der Waals surface area contributed by atoms with Gasteiger partial charge in [0.1, 0.15) is 11.4 Å². The number of nitrogens with zero attached hydrogens (tertiary/aromatic N) is 2. The quantitative estimate of drug-likeness (QED) is 0.582. The van der Waals surface area contributed by atoms with Crippen LogP contribution in [0.15, 0.2) is 72.9 Å². The van der Waals surface area contributed by atoms with E-state index in [1.54, 1.807) is 25.3 Å². The molecule has 5 heteroatoms. The molecule has 0 radical (unpaired) electrons. The molecule has 0 bridgehead atoms. The third-order valence-corrected chi connectivity index (χ3v) is 4.44. The number of amides is 1. The number of ether oxygens (including phenoxy) is 1. The molecule has 2 heterocycles. The molecule has 4 rings (SSSR count). The molecule has 0 aliphatic heterocycles. The molecule has 0 fully saturated rings. The first-order valence-electron chi connectivity index (χ1n) is 8.64. The summed E-state index contributed by atoms with van der Waals surface area (Å²) in [5.74, 6) is 0.466. The number of benzene rings is 2. The largest absolute Gasteiger partial charge is 0.497 e. The smallest absolute Gasteiger partial charge is 0.255 e. The van der Waals surface area contributed by atoms with E-state index >= 15 is 0 Å². The minimum absolute atomic E-state index is 0.183. The normalized spacial score (nSPS) is 10.7. The lowest BCUT2D eigenvalue weighted by Crippen LogP contribution is -2.11. The molecule has 1 amide bonds. The van der Waals surface area contributed by atoms with Crippen LogP contribution >= 0.6 is 0 Å². The van der Waals surface area contributed by atoms with Crippen molar-refractivity contribution in [1.82, 2.24) is 9.38 Å². The Morgan fingerprint density at radius 2 is 1.85 bits per heavy atom. The number of hydrogen-bond donors (Lipinski definition) is 1. The molecule has 0 atom stereocenters. The summed E-state index contributed by atoms with van der Waals surface area (Å²) in [6.07, 6.45) is 2.01. The molecule has 1 N–H and O–H groups in total. The van der Waals surface area contributed by atoms with Crippen molar-refractivity contribution < 1.29 is 9.53 Å². The minimum atomic E-state index is -0.183. The monoisotopic (exact) mass is 357 g/mol. The number of pyridine rings is 1. The maximum absolute atomic E-state index is 12.5. The van der Waals surface area contributed by atoms with Crippen LogP contribution in [-0.4, -0.2) is 22.4 Å². The standard InChI is InChI=1S/C22H19N3O2/c1-15-6-3-11-21-24-20(14-25(15)21)16-7-4-9-18(12-16)23-22(26)17-8-5-10-19(13-17)27-2/h3-14H,1-2H3,(H,23,26). The minimum Gasteiger partial charge on any atom is -0.497 e. The van der Waals surface area contributed by atoms with E-state index in [2.05, 4.69) is 14.7 Å². The third kappa shape index (κ3) is 3.40. The van der Waals surface area contributed by atoms with E-state index in [4.69, 9.17) is 4.74 Å². The van der Waals surface area contributed by atoms with Crippen molar-refractivity contribution in [3.05, 3.63) is 84.2 Å². The van der Waals surface area contributed by atoms with Gasteiger partial charge in [0.05, 0.1) is 12.8 Å². The zero-order chi connectivity index (χ0) is 18.8. The molecule has 2 aromatic heterocycles. The van der Waals surface area contributed by atoms with Crippen molar-refractivity contribution in [2.24, 2.45) is 0 Å². The van der Waals surface area contributed by atoms with Gasteiger partial charge in [-0.05, 0) is 49.4 Å². The summed E-state index contributed by atoms with van der Waals surface area (Å²) in [6.45, 7) is 2.04. The first-order valence-corrected chi connectivity index (χ1v) is 8.64. The summed E-state index contributed by atoms with van der Waals surface area (Å²) in [5.41, 5.74) is 5.09. The summed E-state index contributed by atoms with van der Waals surface area (Å²) < 4.78 is 7.23. The summed E-state index contributed by atoms with van der Waals surface area (Å²) in [5, 5.41) is 2.94. The van der Waals surface area contributed by atoms with Crippen molar-refractivity contribution in [3.8, 4) is 17.0 Å². The molecular weight excluding hydrogens is 338 g/mol. The number of fused-ring (bicyclic) bond motifs is 1. The lowest BCUT2D eigenvalue weighted by Gasteiger charge is -2.08. The number of anilines is 1. The number of rotatable bonds is 4. The number of hydrogen-bond acceptors (Lipinski definition) is 3. The van der Waals surface area contributed by atoms with Gasteiger partial charge in [-0.25, -0.2) is 4.98 Å². The zero-order valence-electron chi connectivity index (χ0n) is 15.1. The maximum Gasteiger partial charge on any atom is 0.255 e. The Kier molecular flexibility index (Phi) is 4.34. The van der Waals surface area contributed by atoms with Crippen LogP contribution in [0.2, 0.25) is 0 Å². The number of imidazole rings is 1. The van der Waals surface area contributed by atoms with Crippen LogP contribution in [-0.2, 0) is 0 Å². The average Bonchev–Trinajstić information content (AvgIpc) is 3.14. The lowest BCUT2D eigenvalue weighted by molar-refractivity contribution is 0.102. The summed E-state index contributed by atoms with van der Waals surface area (Å²) >= 11 is 0. The van der Waals surface area contributed by atoms with Gasteiger partial charge in [0.15, 0.2) is 0 Å². The molecule has 0 saturated heterocycles.